The molecule has 2 aromatic heterocycles. The van der Waals surface area contributed by atoms with Crippen LogP contribution in [0.5, 0.6) is 0 Å². The molecule has 3 rings (SSSR count). The summed E-state index contributed by atoms with van der Waals surface area (Å²) in [6.07, 6.45) is 3.08. The normalized spacial score (nSPS) is 12.0. The fraction of sp³-hybridized carbons (Fsp3) is 0.235. The Morgan fingerprint density at radius 2 is 2.04 bits per heavy atom. The maximum Gasteiger partial charge on any atom is 0.287 e. The average Bonchev–Trinajstić information content (AvgIpc) is 3.25. The summed E-state index contributed by atoms with van der Waals surface area (Å²) < 4.78 is 10.4. The zero-order valence-electron chi connectivity index (χ0n) is 12.7. The highest BCUT2D eigenvalue weighted by atomic mass is 16.5. The molecule has 0 aliphatic carbocycles. The van der Waals surface area contributed by atoms with Crippen LogP contribution in [0, 0.1) is 0 Å². The summed E-state index contributed by atoms with van der Waals surface area (Å²) in [5, 5.41) is 6.90. The lowest BCUT2D eigenvalue weighted by molar-refractivity contribution is 0.0913. The van der Waals surface area contributed by atoms with Gasteiger partial charge in [0, 0.05) is 6.42 Å². The second-order valence-corrected chi connectivity index (χ2v) is 5.09. The Balaban J connectivity index is 1.88. The van der Waals surface area contributed by atoms with E-state index >= 15 is 0 Å². The molecule has 0 saturated heterocycles. The topological polar surface area (TPSA) is 81.2 Å². The van der Waals surface area contributed by atoms with Crippen molar-refractivity contribution in [1.29, 1.82) is 0 Å². The van der Waals surface area contributed by atoms with Crippen molar-refractivity contribution >= 4 is 5.91 Å². The number of nitrogens with zero attached hydrogens (tertiary/aromatic N) is 2. The van der Waals surface area contributed by atoms with E-state index in [2.05, 4.69) is 15.5 Å². The fourth-order valence-electron chi connectivity index (χ4n) is 2.25. The van der Waals surface area contributed by atoms with Gasteiger partial charge in [-0.25, -0.2) is 0 Å². The van der Waals surface area contributed by atoms with Crippen LogP contribution >= 0.6 is 0 Å². The highest BCUT2D eigenvalue weighted by Gasteiger charge is 2.23. The summed E-state index contributed by atoms with van der Waals surface area (Å²) >= 11 is 0. The molecule has 6 heteroatoms. The molecule has 0 aliphatic heterocycles. The third kappa shape index (κ3) is 3.48. The van der Waals surface area contributed by atoms with E-state index in [9.17, 15) is 4.79 Å². The molecule has 0 fully saturated rings. The lowest BCUT2D eigenvalue weighted by atomic mass is 10.1. The van der Waals surface area contributed by atoms with E-state index in [1.165, 1.54) is 6.26 Å². The zero-order chi connectivity index (χ0) is 16.1. The summed E-state index contributed by atoms with van der Waals surface area (Å²) in [5.41, 5.74) is 0.872. The van der Waals surface area contributed by atoms with Gasteiger partial charge in [-0.2, -0.15) is 4.98 Å². The molecular formula is C17H17N3O3. The number of benzene rings is 1. The Morgan fingerprint density at radius 3 is 2.74 bits per heavy atom. The Bertz CT molecular complexity index is 751. The van der Waals surface area contributed by atoms with Crippen LogP contribution < -0.4 is 5.32 Å². The number of hydrogen-bond acceptors (Lipinski definition) is 5. The number of hydrogen-bond donors (Lipinski definition) is 1. The molecular weight excluding hydrogens is 294 g/mol. The molecule has 0 radical (unpaired) electrons. The third-order valence-corrected chi connectivity index (χ3v) is 3.36. The van der Waals surface area contributed by atoms with Crippen molar-refractivity contribution in [3.63, 3.8) is 0 Å². The van der Waals surface area contributed by atoms with Crippen LogP contribution in [0.15, 0.2) is 57.7 Å². The van der Waals surface area contributed by atoms with Crippen molar-refractivity contribution in [3.8, 4) is 0 Å². The number of carbonyl (C=O) groups excluding carboxylic acids is 1. The number of aryl methyl sites for hydroxylation is 1. The van der Waals surface area contributed by atoms with Gasteiger partial charge in [0.05, 0.1) is 6.26 Å². The predicted molar refractivity (Wildman–Crippen MR) is 82.8 cm³/mol. The fourth-order valence-corrected chi connectivity index (χ4v) is 2.25. The molecule has 1 N–H and O–H groups in total. The molecule has 1 unspecified atom stereocenters. The van der Waals surface area contributed by atoms with Crippen LogP contribution in [0.3, 0.4) is 0 Å². The van der Waals surface area contributed by atoms with Crippen LogP contribution in [0.1, 0.15) is 47.2 Å². The molecule has 23 heavy (non-hydrogen) atoms. The second kappa shape index (κ2) is 6.91. The maximum atomic E-state index is 12.3. The summed E-state index contributed by atoms with van der Waals surface area (Å²) in [6, 6.07) is 12.3. The van der Waals surface area contributed by atoms with E-state index in [0.717, 1.165) is 12.0 Å². The van der Waals surface area contributed by atoms with Crippen molar-refractivity contribution in [2.24, 2.45) is 0 Å². The quantitative estimate of drug-likeness (QED) is 0.756. The van der Waals surface area contributed by atoms with Crippen LogP contribution in [-0.2, 0) is 6.42 Å². The van der Waals surface area contributed by atoms with E-state index in [4.69, 9.17) is 8.94 Å². The first-order chi connectivity index (χ1) is 11.3. The first kappa shape index (κ1) is 15.0. The molecule has 0 saturated carbocycles. The lowest BCUT2D eigenvalue weighted by Crippen LogP contribution is -2.29. The zero-order valence-corrected chi connectivity index (χ0v) is 12.7. The van der Waals surface area contributed by atoms with E-state index in [1.807, 2.05) is 37.3 Å². The minimum atomic E-state index is -0.497. The predicted octanol–water partition coefficient (Wildman–Crippen LogP) is 3.13. The molecule has 2 heterocycles. The first-order valence-electron chi connectivity index (χ1n) is 7.49. The molecule has 0 spiro atoms. The molecule has 1 atom stereocenters. The van der Waals surface area contributed by atoms with E-state index < -0.39 is 6.04 Å². The first-order valence-corrected chi connectivity index (χ1v) is 7.49. The van der Waals surface area contributed by atoms with Crippen LogP contribution in [0.4, 0.5) is 0 Å². The van der Waals surface area contributed by atoms with Gasteiger partial charge in [0.1, 0.15) is 6.04 Å². The lowest BCUT2D eigenvalue weighted by Gasteiger charge is -2.14. The molecule has 3 aromatic rings. The Hall–Kier alpha value is -2.89. The van der Waals surface area contributed by atoms with Gasteiger partial charge in [-0.05, 0) is 24.1 Å². The number of rotatable bonds is 6. The standard InChI is InChI=1S/C17H17N3O3/c1-2-7-14-18-16(20-23-14)15(12-8-4-3-5-9-12)19-17(21)13-10-6-11-22-13/h3-6,8-11,15H,2,7H2,1H3,(H,19,21). The van der Waals surface area contributed by atoms with Crippen molar-refractivity contribution in [3.05, 3.63) is 71.8 Å². The minimum Gasteiger partial charge on any atom is -0.459 e. The SMILES string of the molecule is CCCc1nc(C(NC(=O)c2ccco2)c2ccccc2)no1. The largest absolute Gasteiger partial charge is 0.459 e. The third-order valence-electron chi connectivity index (χ3n) is 3.36. The van der Waals surface area contributed by atoms with Gasteiger partial charge in [0.15, 0.2) is 11.6 Å². The number of nitrogens with one attached hydrogen (secondary N) is 1. The van der Waals surface area contributed by atoms with Gasteiger partial charge in [0.25, 0.3) is 5.91 Å². The highest BCUT2D eigenvalue weighted by molar-refractivity contribution is 5.91. The van der Waals surface area contributed by atoms with Crippen LogP contribution in [0.25, 0.3) is 0 Å². The molecule has 6 nitrogen and oxygen atoms in total. The average molecular weight is 311 g/mol. The summed E-state index contributed by atoms with van der Waals surface area (Å²) in [5.74, 6) is 0.907. The smallest absolute Gasteiger partial charge is 0.287 e. The van der Waals surface area contributed by atoms with Gasteiger partial charge >= 0.3 is 0 Å². The number of furan rings is 1. The summed E-state index contributed by atoms with van der Waals surface area (Å²) in [7, 11) is 0. The Kier molecular flexibility index (Phi) is 4.52. The van der Waals surface area contributed by atoms with Crippen molar-refractivity contribution in [1.82, 2.24) is 15.5 Å². The molecule has 1 aromatic carbocycles. The van der Waals surface area contributed by atoms with Crippen molar-refractivity contribution in [2.45, 2.75) is 25.8 Å². The highest BCUT2D eigenvalue weighted by Crippen LogP contribution is 2.20. The second-order valence-electron chi connectivity index (χ2n) is 5.09. The number of carbonyl (C=O) groups is 1. The summed E-state index contributed by atoms with van der Waals surface area (Å²) in [6.45, 7) is 2.04. The van der Waals surface area contributed by atoms with Crippen molar-refractivity contribution < 1.29 is 13.7 Å². The molecule has 0 aliphatic rings. The van der Waals surface area contributed by atoms with E-state index in [1.54, 1.807) is 12.1 Å². The maximum absolute atomic E-state index is 12.3. The van der Waals surface area contributed by atoms with E-state index in [0.29, 0.717) is 18.1 Å². The number of aromatic nitrogens is 2. The minimum absolute atomic E-state index is 0.239. The van der Waals surface area contributed by atoms with Gasteiger partial charge in [-0.3, -0.25) is 4.79 Å². The van der Waals surface area contributed by atoms with Crippen LogP contribution in [-0.4, -0.2) is 16.0 Å². The Labute approximate surface area is 133 Å². The van der Waals surface area contributed by atoms with Gasteiger partial charge in [-0.15, -0.1) is 0 Å². The monoisotopic (exact) mass is 311 g/mol. The Morgan fingerprint density at radius 1 is 1.22 bits per heavy atom. The van der Waals surface area contributed by atoms with Gasteiger partial charge in [0.2, 0.25) is 5.89 Å². The van der Waals surface area contributed by atoms with Crippen LogP contribution in [0.2, 0.25) is 0 Å². The molecule has 0 bridgehead atoms. The summed E-state index contributed by atoms with van der Waals surface area (Å²) in [4.78, 5) is 16.7. The molecule has 118 valence electrons. The van der Waals surface area contributed by atoms with Crippen molar-refractivity contribution in [2.75, 3.05) is 0 Å². The van der Waals surface area contributed by atoms with Gasteiger partial charge < -0.3 is 14.3 Å². The molecule has 1 amide bonds. The van der Waals surface area contributed by atoms with Gasteiger partial charge in [-0.1, -0.05) is 42.4 Å². The number of amides is 1. The van der Waals surface area contributed by atoms with E-state index in [-0.39, 0.29) is 11.7 Å².